The first kappa shape index (κ1) is 12.9. The quantitative estimate of drug-likeness (QED) is 0.564. The Bertz CT molecular complexity index is 264. The maximum Gasteiger partial charge on any atom is 0.169 e. The zero-order chi connectivity index (χ0) is 11.1. The van der Waals surface area contributed by atoms with Gasteiger partial charge in [-0.05, 0) is 37.7 Å². The predicted octanol–water partition coefficient (Wildman–Crippen LogP) is 1.51. The van der Waals surface area contributed by atoms with Crippen molar-refractivity contribution < 1.29 is 5.11 Å². The van der Waals surface area contributed by atoms with E-state index in [1.165, 1.54) is 11.5 Å². The molecule has 1 unspecified atom stereocenters. The van der Waals surface area contributed by atoms with Gasteiger partial charge in [0.05, 0.1) is 5.60 Å². The van der Waals surface area contributed by atoms with E-state index in [0.29, 0.717) is 6.54 Å². The summed E-state index contributed by atoms with van der Waals surface area (Å²) < 4.78 is 4.94. The molecule has 0 aliphatic heterocycles. The Hall–Kier alpha value is -0.170. The van der Waals surface area contributed by atoms with E-state index in [-0.39, 0.29) is 0 Å². The first-order chi connectivity index (χ1) is 7.14. The number of hydrogen-bond donors (Lipinski definition) is 2. The number of hydrogen-bond acceptors (Lipinski definition) is 6. The molecule has 0 aliphatic rings. The summed E-state index contributed by atoms with van der Waals surface area (Å²) in [5, 5.41) is 9.65. The highest BCUT2D eigenvalue weighted by Gasteiger charge is 2.16. The van der Waals surface area contributed by atoms with Crippen LogP contribution in [0.2, 0.25) is 0 Å². The molecule has 0 spiro atoms. The van der Waals surface area contributed by atoms with Crippen LogP contribution in [0.1, 0.15) is 26.2 Å². The molecule has 4 nitrogen and oxygen atoms in total. The molecule has 0 saturated carbocycles. The van der Waals surface area contributed by atoms with Crippen molar-refractivity contribution in [1.29, 1.82) is 0 Å². The van der Waals surface area contributed by atoms with E-state index in [1.54, 1.807) is 25.0 Å². The molecule has 0 saturated heterocycles. The van der Waals surface area contributed by atoms with Gasteiger partial charge >= 0.3 is 0 Å². The molecule has 0 aromatic carbocycles. The van der Waals surface area contributed by atoms with Crippen LogP contribution in [0, 0.1) is 0 Å². The number of thioether (sulfide) groups is 1. The summed E-state index contributed by atoms with van der Waals surface area (Å²) in [5.41, 5.74) is 4.73. The zero-order valence-corrected chi connectivity index (χ0v) is 10.5. The number of nitrogens with two attached hydrogens (primary N) is 1. The molecule has 0 aliphatic carbocycles. The van der Waals surface area contributed by atoms with Crippen LogP contribution in [-0.4, -0.2) is 32.4 Å². The summed E-state index contributed by atoms with van der Waals surface area (Å²) in [6, 6.07) is 0. The maximum absolute atomic E-state index is 9.65. The molecule has 0 fully saturated rings. The number of rotatable bonds is 7. The van der Waals surface area contributed by atoms with Crippen LogP contribution >= 0.6 is 23.3 Å². The van der Waals surface area contributed by atoms with Gasteiger partial charge in [-0.25, -0.2) is 4.98 Å². The SMILES string of the molecule is CC(O)(CN)CCCCSc1ncns1. The second-order valence-corrected chi connectivity index (χ2v) is 5.84. The van der Waals surface area contributed by atoms with Crippen molar-refractivity contribution in [3.8, 4) is 0 Å². The molecule has 0 amide bonds. The van der Waals surface area contributed by atoms with Crippen molar-refractivity contribution in [3.05, 3.63) is 6.33 Å². The first-order valence-electron chi connectivity index (χ1n) is 4.96. The highest BCUT2D eigenvalue weighted by Crippen LogP contribution is 2.21. The van der Waals surface area contributed by atoms with Gasteiger partial charge in [0.15, 0.2) is 4.34 Å². The molecule has 1 aromatic rings. The van der Waals surface area contributed by atoms with Crippen molar-refractivity contribution in [2.45, 2.75) is 36.1 Å². The lowest BCUT2D eigenvalue weighted by atomic mass is 10.00. The van der Waals surface area contributed by atoms with Crippen LogP contribution in [0.3, 0.4) is 0 Å². The van der Waals surface area contributed by atoms with Crippen molar-refractivity contribution >= 4 is 23.3 Å². The van der Waals surface area contributed by atoms with Crippen molar-refractivity contribution in [2.24, 2.45) is 5.73 Å². The topological polar surface area (TPSA) is 72.0 Å². The summed E-state index contributed by atoms with van der Waals surface area (Å²) in [6.45, 7) is 2.11. The predicted molar refractivity (Wildman–Crippen MR) is 64.2 cm³/mol. The summed E-state index contributed by atoms with van der Waals surface area (Å²) in [4.78, 5) is 4.08. The van der Waals surface area contributed by atoms with Crippen molar-refractivity contribution in [2.75, 3.05) is 12.3 Å². The second kappa shape index (κ2) is 6.42. The minimum Gasteiger partial charge on any atom is -0.389 e. The molecule has 15 heavy (non-hydrogen) atoms. The van der Waals surface area contributed by atoms with Crippen molar-refractivity contribution in [3.63, 3.8) is 0 Å². The van der Waals surface area contributed by atoms with Gasteiger partial charge in [0.2, 0.25) is 0 Å². The maximum atomic E-state index is 9.65. The molecule has 0 radical (unpaired) electrons. The lowest BCUT2D eigenvalue weighted by Gasteiger charge is -2.20. The number of aliphatic hydroxyl groups is 1. The molecule has 3 N–H and O–H groups in total. The van der Waals surface area contributed by atoms with Gasteiger partial charge in [0.1, 0.15) is 6.33 Å². The fourth-order valence-corrected chi connectivity index (χ4v) is 2.61. The second-order valence-electron chi connectivity index (χ2n) is 3.71. The van der Waals surface area contributed by atoms with E-state index in [0.717, 1.165) is 29.4 Å². The fraction of sp³-hybridized carbons (Fsp3) is 0.778. The lowest BCUT2D eigenvalue weighted by molar-refractivity contribution is 0.0577. The summed E-state index contributed by atoms with van der Waals surface area (Å²) in [7, 11) is 0. The molecule has 1 heterocycles. The monoisotopic (exact) mass is 247 g/mol. The molecule has 1 rings (SSSR count). The summed E-state index contributed by atoms with van der Waals surface area (Å²) in [5.74, 6) is 1.02. The van der Waals surface area contributed by atoms with E-state index in [9.17, 15) is 5.11 Å². The average Bonchev–Trinajstić information content (AvgIpc) is 2.70. The van der Waals surface area contributed by atoms with Gasteiger partial charge < -0.3 is 10.8 Å². The van der Waals surface area contributed by atoms with Crippen LogP contribution in [0.5, 0.6) is 0 Å². The molecule has 1 aromatic heterocycles. The van der Waals surface area contributed by atoms with Gasteiger partial charge in [-0.15, -0.1) is 0 Å². The standard InChI is InChI=1S/C9H17N3OS2/c1-9(13,6-10)4-2-3-5-14-8-11-7-12-15-8/h7,13H,2-6,10H2,1H3. The Morgan fingerprint density at radius 2 is 2.40 bits per heavy atom. The molecule has 0 bridgehead atoms. The van der Waals surface area contributed by atoms with Crippen LogP contribution in [-0.2, 0) is 0 Å². The average molecular weight is 247 g/mol. The third-order valence-electron chi connectivity index (χ3n) is 2.12. The van der Waals surface area contributed by atoms with Crippen LogP contribution < -0.4 is 5.73 Å². The van der Waals surface area contributed by atoms with Crippen LogP contribution in [0.15, 0.2) is 10.7 Å². The zero-order valence-electron chi connectivity index (χ0n) is 8.85. The van der Waals surface area contributed by atoms with Crippen LogP contribution in [0.25, 0.3) is 0 Å². The minimum atomic E-state index is -0.701. The molecular formula is C9H17N3OS2. The lowest BCUT2D eigenvalue weighted by Crippen LogP contribution is -2.33. The van der Waals surface area contributed by atoms with Crippen LogP contribution in [0.4, 0.5) is 0 Å². The van der Waals surface area contributed by atoms with E-state index < -0.39 is 5.60 Å². The normalized spacial score (nSPS) is 15.1. The van der Waals surface area contributed by atoms with E-state index in [4.69, 9.17) is 5.73 Å². The minimum absolute atomic E-state index is 0.330. The van der Waals surface area contributed by atoms with Gasteiger partial charge in [-0.3, -0.25) is 0 Å². The Labute approximate surface area is 98.5 Å². The Balaban J connectivity index is 2.03. The summed E-state index contributed by atoms with van der Waals surface area (Å²) >= 11 is 3.14. The van der Waals surface area contributed by atoms with Gasteiger partial charge in [0.25, 0.3) is 0 Å². The van der Waals surface area contributed by atoms with Gasteiger partial charge in [-0.1, -0.05) is 11.8 Å². The molecular weight excluding hydrogens is 230 g/mol. The smallest absolute Gasteiger partial charge is 0.169 e. The van der Waals surface area contributed by atoms with E-state index in [1.807, 2.05) is 0 Å². The number of unbranched alkanes of at least 4 members (excludes halogenated alkanes) is 1. The Morgan fingerprint density at radius 3 is 3.00 bits per heavy atom. The van der Waals surface area contributed by atoms with E-state index >= 15 is 0 Å². The molecule has 6 heteroatoms. The molecule has 1 atom stereocenters. The van der Waals surface area contributed by atoms with Gasteiger partial charge in [0, 0.05) is 12.3 Å². The third-order valence-corrected chi connectivity index (χ3v) is 4.00. The highest BCUT2D eigenvalue weighted by molar-refractivity contribution is 8.00. The molecule has 86 valence electrons. The third kappa shape index (κ3) is 5.46. The largest absolute Gasteiger partial charge is 0.389 e. The Morgan fingerprint density at radius 1 is 1.60 bits per heavy atom. The Kier molecular flexibility index (Phi) is 5.52. The fourth-order valence-electron chi connectivity index (χ4n) is 1.10. The number of nitrogens with zero attached hydrogens (tertiary/aromatic N) is 2. The number of aromatic nitrogens is 2. The van der Waals surface area contributed by atoms with E-state index in [2.05, 4.69) is 9.36 Å². The van der Waals surface area contributed by atoms with Gasteiger partial charge in [-0.2, -0.15) is 4.37 Å². The van der Waals surface area contributed by atoms with Crippen molar-refractivity contribution in [1.82, 2.24) is 9.36 Å². The summed E-state index contributed by atoms with van der Waals surface area (Å²) in [6.07, 6.45) is 4.41. The highest BCUT2D eigenvalue weighted by atomic mass is 32.2. The first-order valence-corrected chi connectivity index (χ1v) is 6.72.